The minimum absolute atomic E-state index is 0.0168. The van der Waals surface area contributed by atoms with Crippen LogP contribution in [0.2, 0.25) is 0 Å². The van der Waals surface area contributed by atoms with Crippen molar-refractivity contribution < 1.29 is 40.2 Å². The summed E-state index contributed by atoms with van der Waals surface area (Å²) in [6, 6.07) is 13.1. The van der Waals surface area contributed by atoms with Crippen molar-refractivity contribution in [3.05, 3.63) is 77.9 Å². The number of aromatic nitrogens is 2. The first-order valence-electron chi connectivity index (χ1n) is 12.6. The number of halogens is 4. The predicted molar refractivity (Wildman–Crippen MR) is 145 cm³/mol. The number of hydrogen-bond acceptors (Lipinski definition) is 8. The van der Waals surface area contributed by atoms with Crippen LogP contribution in [0.15, 0.2) is 72.1 Å². The number of Topliss-reactive ketones (excluding diaryl/α,β-unsaturated/α-hetero) is 1. The number of hydrogen-bond donors (Lipinski definition) is 2. The molecule has 42 heavy (non-hydrogen) atoms. The van der Waals surface area contributed by atoms with Gasteiger partial charge in [-0.05, 0) is 48.0 Å². The van der Waals surface area contributed by atoms with E-state index in [1.807, 2.05) is 0 Å². The van der Waals surface area contributed by atoms with Crippen LogP contribution >= 0.6 is 0 Å². The Kier molecular flexibility index (Phi) is 9.63. The molecule has 0 spiro atoms. The van der Waals surface area contributed by atoms with E-state index in [4.69, 9.17) is 4.74 Å². The van der Waals surface area contributed by atoms with Crippen LogP contribution in [0, 0.1) is 5.82 Å². The third kappa shape index (κ3) is 8.16. The summed E-state index contributed by atoms with van der Waals surface area (Å²) in [6.45, 7) is -0.342. The van der Waals surface area contributed by atoms with E-state index in [2.05, 4.69) is 25.0 Å². The van der Waals surface area contributed by atoms with Gasteiger partial charge in [-0.2, -0.15) is 31.0 Å². The molecular formula is C27H27F4N5O5S. The van der Waals surface area contributed by atoms with Crippen LogP contribution in [0.4, 0.5) is 23.4 Å². The maximum absolute atomic E-state index is 13.8. The number of rotatable bonds is 7. The molecule has 0 saturated heterocycles. The van der Waals surface area contributed by atoms with Crippen LogP contribution < -0.4 is 19.5 Å². The zero-order valence-electron chi connectivity index (χ0n) is 22.3. The maximum atomic E-state index is 13.8. The van der Waals surface area contributed by atoms with Crippen molar-refractivity contribution in [1.82, 2.24) is 19.8 Å². The molecule has 2 aliphatic rings. The van der Waals surface area contributed by atoms with Gasteiger partial charge in [-0.3, -0.25) is 9.52 Å². The number of carbonyl (C=O) groups is 1. The molecule has 2 aliphatic heterocycles. The number of carbonyl (C=O) groups excluding carboxylic acids is 1. The molecule has 0 aliphatic carbocycles. The van der Waals surface area contributed by atoms with Gasteiger partial charge in [0.2, 0.25) is 0 Å². The van der Waals surface area contributed by atoms with Crippen LogP contribution in [0.25, 0.3) is 11.1 Å². The first-order chi connectivity index (χ1) is 19.9. The Bertz CT molecular complexity index is 1550. The van der Waals surface area contributed by atoms with Gasteiger partial charge in [-0.15, -0.1) is 5.10 Å². The minimum Gasteiger partial charge on any atom is -0.497 e. The monoisotopic (exact) mass is 609 g/mol. The number of benzene rings is 2. The summed E-state index contributed by atoms with van der Waals surface area (Å²) in [5.74, 6) is 0.150. The summed E-state index contributed by atoms with van der Waals surface area (Å²) in [7, 11) is -2.30. The van der Waals surface area contributed by atoms with Crippen LogP contribution in [0.3, 0.4) is 0 Å². The standard InChI is InChI=1S/C15H12F4O2.C12H15N5O3S/c1-20-11-5-6-14(16)13(8-11)10-3-2-4-12(7-10)21-9-15(17,18)19;18-11-3-6-13-10-4-7-17(8-9(10)11)21(19,20)16-12-2-1-5-14-15-12/h2-8H,9H2,1H3;1-2,5,13H,3-4,6-8H2,(H,15,16). The summed E-state index contributed by atoms with van der Waals surface area (Å²) < 4.78 is 88.1. The van der Waals surface area contributed by atoms with Gasteiger partial charge in [0.25, 0.3) is 0 Å². The zero-order valence-corrected chi connectivity index (χ0v) is 23.1. The molecule has 1 aromatic heterocycles. The summed E-state index contributed by atoms with van der Waals surface area (Å²) in [5.41, 5.74) is 2.08. The minimum atomic E-state index is -4.42. The lowest BCUT2D eigenvalue weighted by atomic mass is 9.98. The second-order valence-corrected chi connectivity index (χ2v) is 10.8. The fourth-order valence-electron chi connectivity index (χ4n) is 4.20. The van der Waals surface area contributed by atoms with E-state index in [0.29, 0.717) is 42.8 Å². The van der Waals surface area contributed by atoms with Gasteiger partial charge >= 0.3 is 16.4 Å². The summed E-state index contributed by atoms with van der Waals surface area (Å²) in [6.07, 6.45) is -2.04. The molecule has 0 saturated carbocycles. The summed E-state index contributed by atoms with van der Waals surface area (Å²) in [4.78, 5) is 11.9. The maximum Gasteiger partial charge on any atom is 0.422 e. The Morgan fingerprint density at radius 3 is 2.60 bits per heavy atom. The molecule has 2 aromatic carbocycles. The van der Waals surface area contributed by atoms with E-state index in [1.165, 1.54) is 60.1 Å². The molecule has 0 unspecified atom stereocenters. The highest BCUT2D eigenvalue weighted by Gasteiger charge is 2.32. The molecule has 0 radical (unpaired) electrons. The topological polar surface area (TPSA) is 123 Å². The van der Waals surface area contributed by atoms with Gasteiger partial charge in [-0.1, -0.05) is 12.1 Å². The average molecular weight is 610 g/mol. The molecular weight excluding hydrogens is 582 g/mol. The van der Waals surface area contributed by atoms with Gasteiger partial charge < -0.3 is 14.8 Å². The third-order valence-electron chi connectivity index (χ3n) is 6.20. The van der Waals surface area contributed by atoms with Crippen LogP contribution in [0.5, 0.6) is 11.5 Å². The molecule has 2 N–H and O–H groups in total. The number of ketones is 1. The number of ether oxygens (including phenoxy) is 2. The normalized spacial score (nSPS) is 15.6. The number of methoxy groups -OCH3 is 1. The van der Waals surface area contributed by atoms with Gasteiger partial charge in [-0.25, -0.2) is 4.39 Å². The van der Waals surface area contributed by atoms with Crippen molar-refractivity contribution >= 4 is 21.8 Å². The van der Waals surface area contributed by atoms with Gasteiger partial charge in [0, 0.05) is 55.5 Å². The van der Waals surface area contributed by atoms with Crippen molar-refractivity contribution in [3.8, 4) is 22.6 Å². The van der Waals surface area contributed by atoms with E-state index in [-0.39, 0.29) is 29.5 Å². The SMILES string of the molecule is COc1ccc(F)c(-c2cccc(OCC(F)(F)F)c2)c1.O=C1CCNC2=C1CN(S(=O)(=O)Nc1cccnn1)CC2. The van der Waals surface area contributed by atoms with E-state index in [9.17, 15) is 30.8 Å². The van der Waals surface area contributed by atoms with Crippen molar-refractivity contribution in [3.63, 3.8) is 0 Å². The van der Waals surface area contributed by atoms with E-state index in [1.54, 1.807) is 12.1 Å². The molecule has 5 rings (SSSR count). The Morgan fingerprint density at radius 2 is 1.88 bits per heavy atom. The van der Waals surface area contributed by atoms with Crippen molar-refractivity contribution in [2.45, 2.75) is 19.0 Å². The molecule has 0 atom stereocenters. The lowest BCUT2D eigenvalue weighted by Crippen LogP contribution is -2.45. The van der Waals surface area contributed by atoms with Crippen LogP contribution in [-0.2, 0) is 15.0 Å². The largest absolute Gasteiger partial charge is 0.497 e. The third-order valence-corrected chi connectivity index (χ3v) is 7.66. The molecule has 224 valence electrons. The second-order valence-electron chi connectivity index (χ2n) is 9.13. The number of alkyl halides is 3. The summed E-state index contributed by atoms with van der Waals surface area (Å²) >= 11 is 0. The molecule has 3 aromatic rings. The molecule has 0 amide bonds. The smallest absolute Gasteiger partial charge is 0.422 e. The number of anilines is 1. The van der Waals surface area contributed by atoms with Gasteiger partial charge in [0.15, 0.2) is 18.2 Å². The van der Waals surface area contributed by atoms with Crippen molar-refractivity contribution in [2.75, 3.05) is 38.1 Å². The zero-order chi connectivity index (χ0) is 30.3. The first-order valence-corrected chi connectivity index (χ1v) is 14.1. The Morgan fingerprint density at radius 1 is 1.07 bits per heavy atom. The van der Waals surface area contributed by atoms with Crippen LogP contribution in [0.1, 0.15) is 12.8 Å². The van der Waals surface area contributed by atoms with Crippen molar-refractivity contribution in [2.24, 2.45) is 0 Å². The highest BCUT2D eigenvalue weighted by molar-refractivity contribution is 7.90. The van der Waals surface area contributed by atoms with Gasteiger partial charge in [0.05, 0.1) is 7.11 Å². The Hall–Kier alpha value is -4.24. The molecule has 0 fully saturated rings. The summed E-state index contributed by atoms with van der Waals surface area (Å²) in [5, 5.41) is 10.5. The molecule has 10 nitrogen and oxygen atoms in total. The molecule has 15 heteroatoms. The lowest BCUT2D eigenvalue weighted by Gasteiger charge is -2.32. The van der Waals surface area contributed by atoms with E-state index in [0.717, 1.165) is 5.70 Å². The fourth-order valence-corrected chi connectivity index (χ4v) is 5.33. The second kappa shape index (κ2) is 13.2. The molecule has 0 bridgehead atoms. The number of nitrogens with one attached hydrogen (secondary N) is 2. The van der Waals surface area contributed by atoms with E-state index >= 15 is 0 Å². The van der Waals surface area contributed by atoms with Gasteiger partial charge in [0.1, 0.15) is 17.3 Å². The Labute approximate surface area is 239 Å². The van der Waals surface area contributed by atoms with Crippen LogP contribution in [-0.4, -0.2) is 68.2 Å². The highest BCUT2D eigenvalue weighted by Crippen LogP contribution is 2.30. The number of nitrogens with zero attached hydrogens (tertiary/aromatic N) is 3. The fraction of sp³-hybridized carbons (Fsp3) is 0.296. The first kappa shape index (κ1) is 30.7. The highest BCUT2D eigenvalue weighted by atomic mass is 32.2. The lowest BCUT2D eigenvalue weighted by molar-refractivity contribution is -0.153. The average Bonchev–Trinajstić information content (AvgIpc) is 2.97. The Balaban J connectivity index is 0.000000193. The quantitative estimate of drug-likeness (QED) is 0.384. The predicted octanol–water partition coefficient (Wildman–Crippen LogP) is 4.10. The molecule has 3 heterocycles. The van der Waals surface area contributed by atoms with E-state index < -0.39 is 28.8 Å². The van der Waals surface area contributed by atoms with Crippen molar-refractivity contribution in [1.29, 1.82) is 0 Å².